The molecule has 0 saturated carbocycles. The highest BCUT2D eigenvalue weighted by Gasteiger charge is 2.27. The zero-order valence-corrected chi connectivity index (χ0v) is 7.14. The second kappa shape index (κ2) is 2.77. The predicted molar refractivity (Wildman–Crippen MR) is 51.3 cm³/mol. The third kappa shape index (κ3) is 1.27. The van der Waals surface area contributed by atoms with Gasteiger partial charge >= 0.3 is 0 Å². The highest BCUT2D eigenvalue weighted by molar-refractivity contribution is 5.76. The van der Waals surface area contributed by atoms with Crippen LogP contribution in [-0.2, 0) is 0 Å². The van der Waals surface area contributed by atoms with Gasteiger partial charge in [0.25, 0.3) is 0 Å². The van der Waals surface area contributed by atoms with E-state index in [0.29, 0.717) is 30.3 Å². The van der Waals surface area contributed by atoms with E-state index in [2.05, 4.69) is 4.98 Å². The lowest BCUT2D eigenvalue weighted by Crippen LogP contribution is -2.51. The molecule has 1 aromatic heterocycles. The van der Waals surface area contributed by atoms with Crippen molar-refractivity contribution in [1.82, 2.24) is 4.98 Å². The number of hydrogen-bond acceptors (Lipinski definition) is 5. The van der Waals surface area contributed by atoms with Crippen molar-refractivity contribution in [2.24, 2.45) is 0 Å². The molecule has 0 unspecified atom stereocenters. The fraction of sp³-hybridized carbons (Fsp3) is 0.375. The molecule has 1 aliphatic rings. The number of aliphatic hydroxyl groups excluding tert-OH is 1. The number of nitrogens with two attached hydrogens (primary N) is 2. The second-order valence-electron chi connectivity index (χ2n) is 3.20. The molecule has 5 nitrogen and oxygen atoms in total. The van der Waals surface area contributed by atoms with Gasteiger partial charge in [-0.25, -0.2) is 4.98 Å². The van der Waals surface area contributed by atoms with Crippen LogP contribution in [-0.4, -0.2) is 29.3 Å². The number of β-amino-alcohol motifs (C(OH)–C–C–N with tert-alkyl or cyclic N) is 1. The molecule has 70 valence electrons. The van der Waals surface area contributed by atoms with E-state index in [1.807, 2.05) is 4.90 Å². The van der Waals surface area contributed by atoms with Crippen LogP contribution >= 0.6 is 0 Å². The first-order chi connectivity index (χ1) is 6.18. The highest BCUT2D eigenvalue weighted by atomic mass is 16.3. The Labute approximate surface area is 76.0 Å². The molecule has 0 radical (unpaired) electrons. The first-order valence-electron chi connectivity index (χ1n) is 4.11. The average molecular weight is 180 g/mol. The molecule has 1 aromatic rings. The van der Waals surface area contributed by atoms with Gasteiger partial charge in [0.05, 0.1) is 17.5 Å². The van der Waals surface area contributed by atoms with E-state index in [-0.39, 0.29) is 6.10 Å². The van der Waals surface area contributed by atoms with Gasteiger partial charge in [-0.3, -0.25) is 0 Å². The maximum atomic E-state index is 9.10. The Morgan fingerprint density at radius 2 is 2.15 bits per heavy atom. The van der Waals surface area contributed by atoms with Gasteiger partial charge in [-0.1, -0.05) is 0 Å². The van der Waals surface area contributed by atoms with Crippen LogP contribution in [0.15, 0.2) is 12.3 Å². The van der Waals surface area contributed by atoms with Crippen molar-refractivity contribution in [3.63, 3.8) is 0 Å². The standard InChI is InChI=1S/C8H12N4O/c9-6-1-2-11-8(7(6)10)12-3-5(13)4-12/h1-2,5,13H,3-4,10H2,(H2,9,11). The number of anilines is 3. The first kappa shape index (κ1) is 8.12. The number of nitrogens with zero attached hydrogens (tertiary/aromatic N) is 2. The van der Waals surface area contributed by atoms with Crippen molar-refractivity contribution in [1.29, 1.82) is 0 Å². The molecule has 5 N–H and O–H groups in total. The Balaban J connectivity index is 2.26. The van der Waals surface area contributed by atoms with Crippen LogP contribution in [0.25, 0.3) is 0 Å². The largest absolute Gasteiger partial charge is 0.397 e. The van der Waals surface area contributed by atoms with Crippen molar-refractivity contribution in [2.45, 2.75) is 6.10 Å². The second-order valence-corrected chi connectivity index (χ2v) is 3.20. The van der Waals surface area contributed by atoms with Crippen molar-refractivity contribution < 1.29 is 5.11 Å². The normalized spacial score (nSPS) is 17.2. The Kier molecular flexibility index (Phi) is 1.73. The van der Waals surface area contributed by atoms with Gasteiger partial charge in [-0.2, -0.15) is 0 Å². The number of pyridine rings is 1. The number of nitrogen functional groups attached to an aromatic ring is 2. The summed E-state index contributed by atoms with van der Waals surface area (Å²) in [5.41, 5.74) is 12.4. The summed E-state index contributed by atoms with van der Waals surface area (Å²) < 4.78 is 0. The summed E-state index contributed by atoms with van der Waals surface area (Å²) >= 11 is 0. The molecule has 0 atom stereocenters. The van der Waals surface area contributed by atoms with Gasteiger partial charge in [-0.05, 0) is 6.07 Å². The summed E-state index contributed by atoms with van der Waals surface area (Å²) in [4.78, 5) is 6.00. The Morgan fingerprint density at radius 1 is 1.46 bits per heavy atom. The molecule has 2 rings (SSSR count). The maximum absolute atomic E-state index is 9.10. The van der Waals surface area contributed by atoms with E-state index in [1.165, 1.54) is 0 Å². The Hall–Kier alpha value is -1.49. The first-order valence-corrected chi connectivity index (χ1v) is 4.11. The summed E-state index contributed by atoms with van der Waals surface area (Å²) in [7, 11) is 0. The molecule has 0 amide bonds. The van der Waals surface area contributed by atoms with Crippen LogP contribution in [0.4, 0.5) is 17.2 Å². The van der Waals surface area contributed by atoms with E-state index < -0.39 is 0 Å². The summed E-state index contributed by atoms with van der Waals surface area (Å²) in [5.74, 6) is 0.672. The lowest BCUT2D eigenvalue weighted by atomic mass is 10.1. The molecular weight excluding hydrogens is 168 g/mol. The zero-order valence-electron chi connectivity index (χ0n) is 7.14. The SMILES string of the molecule is Nc1ccnc(N2CC(O)C2)c1N. The average Bonchev–Trinajstić information content (AvgIpc) is 2.05. The predicted octanol–water partition coefficient (Wildman–Crippen LogP) is -0.573. The van der Waals surface area contributed by atoms with Gasteiger partial charge in [0.15, 0.2) is 5.82 Å². The van der Waals surface area contributed by atoms with E-state index >= 15 is 0 Å². The van der Waals surface area contributed by atoms with Gasteiger partial charge in [0, 0.05) is 19.3 Å². The van der Waals surface area contributed by atoms with Crippen LogP contribution in [0.3, 0.4) is 0 Å². The maximum Gasteiger partial charge on any atom is 0.154 e. The molecule has 0 spiro atoms. The fourth-order valence-corrected chi connectivity index (χ4v) is 1.36. The van der Waals surface area contributed by atoms with E-state index in [0.717, 1.165) is 0 Å². The van der Waals surface area contributed by atoms with Crippen LogP contribution in [0.1, 0.15) is 0 Å². The quantitative estimate of drug-likeness (QED) is 0.538. The topological polar surface area (TPSA) is 88.4 Å². The lowest BCUT2D eigenvalue weighted by Gasteiger charge is -2.37. The van der Waals surface area contributed by atoms with Gasteiger partial charge in [0.1, 0.15) is 0 Å². The molecular formula is C8H12N4O. The van der Waals surface area contributed by atoms with Crippen molar-refractivity contribution in [3.8, 4) is 0 Å². The Morgan fingerprint density at radius 3 is 2.77 bits per heavy atom. The highest BCUT2D eigenvalue weighted by Crippen LogP contribution is 2.28. The van der Waals surface area contributed by atoms with Crippen LogP contribution in [0.2, 0.25) is 0 Å². The molecule has 1 aliphatic heterocycles. The van der Waals surface area contributed by atoms with E-state index in [4.69, 9.17) is 16.6 Å². The minimum absolute atomic E-state index is 0.261. The molecule has 0 aromatic carbocycles. The molecule has 1 saturated heterocycles. The third-order valence-corrected chi connectivity index (χ3v) is 2.16. The zero-order chi connectivity index (χ0) is 9.42. The number of hydrogen-bond donors (Lipinski definition) is 3. The van der Waals surface area contributed by atoms with E-state index in [1.54, 1.807) is 12.3 Å². The minimum Gasteiger partial charge on any atom is -0.397 e. The molecule has 5 heteroatoms. The molecule has 2 heterocycles. The number of rotatable bonds is 1. The van der Waals surface area contributed by atoms with Gasteiger partial charge in [0.2, 0.25) is 0 Å². The van der Waals surface area contributed by atoms with Crippen molar-refractivity contribution in [2.75, 3.05) is 29.5 Å². The monoisotopic (exact) mass is 180 g/mol. The Bertz CT molecular complexity index is 322. The number of aliphatic hydroxyl groups is 1. The smallest absolute Gasteiger partial charge is 0.154 e. The molecule has 1 fully saturated rings. The summed E-state index contributed by atoms with van der Waals surface area (Å²) in [6, 6.07) is 1.66. The van der Waals surface area contributed by atoms with Crippen molar-refractivity contribution >= 4 is 17.2 Å². The van der Waals surface area contributed by atoms with Gasteiger partial charge < -0.3 is 21.5 Å². The van der Waals surface area contributed by atoms with Crippen LogP contribution < -0.4 is 16.4 Å². The fourth-order valence-electron chi connectivity index (χ4n) is 1.36. The molecule has 0 aliphatic carbocycles. The molecule has 13 heavy (non-hydrogen) atoms. The summed E-state index contributed by atoms with van der Waals surface area (Å²) in [5, 5.41) is 9.10. The summed E-state index contributed by atoms with van der Waals surface area (Å²) in [6.45, 7) is 1.17. The van der Waals surface area contributed by atoms with Gasteiger partial charge in [-0.15, -0.1) is 0 Å². The van der Waals surface area contributed by atoms with E-state index in [9.17, 15) is 0 Å². The lowest BCUT2D eigenvalue weighted by molar-refractivity contribution is 0.141. The van der Waals surface area contributed by atoms with Crippen LogP contribution in [0.5, 0.6) is 0 Å². The summed E-state index contributed by atoms with van der Waals surface area (Å²) in [6.07, 6.45) is 1.36. The third-order valence-electron chi connectivity index (χ3n) is 2.16. The van der Waals surface area contributed by atoms with Crippen LogP contribution in [0, 0.1) is 0 Å². The van der Waals surface area contributed by atoms with Crippen molar-refractivity contribution in [3.05, 3.63) is 12.3 Å². The minimum atomic E-state index is -0.261. The number of aromatic nitrogens is 1. The molecule has 0 bridgehead atoms.